The molecule has 0 bridgehead atoms. The fourth-order valence-electron chi connectivity index (χ4n) is 2.62. The fourth-order valence-corrected chi connectivity index (χ4v) is 3.26. The van der Waals surface area contributed by atoms with Crippen molar-refractivity contribution in [3.63, 3.8) is 0 Å². The van der Waals surface area contributed by atoms with E-state index in [4.69, 9.17) is 4.74 Å². The van der Waals surface area contributed by atoms with E-state index in [0.717, 1.165) is 26.0 Å². The molecule has 1 aliphatic heterocycles. The van der Waals surface area contributed by atoms with Crippen LogP contribution in [0.3, 0.4) is 0 Å². The molecule has 1 aromatic heterocycles. The smallest absolute Gasteiger partial charge is 0.243 e. The summed E-state index contributed by atoms with van der Waals surface area (Å²) in [6.07, 6.45) is 6.16. The summed E-state index contributed by atoms with van der Waals surface area (Å²) in [5.41, 5.74) is 0. The normalized spacial score (nSPS) is 18.0. The predicted molar refractivity (Wildman–Crippen MR) is 103 cm³/mol. The maximum absolute atomic E-state index is 11.8. The van der Waals surface area contributed by atoms with Gasteiger partial charge in [0.1, 0.15) is 6.54 Å². The summed E-state index contributed by atoms with van der Waals surface area (Å²) in [5.74, 6) is 0.681. The topological polar surface area (TPSA) is 66.0 Å². The van der Waals surface area contributed by atoms with Crippen molar-refractivity contribution < 1.29 is 9.53 Å². The predicted octanol–water partition coefficient (Wildman–Crippen LogP) is 2.22. The summed E-state index contributed by atoms with van der Waals surface area (Å²) in [4.78, 5) is 19.0. The molecule has 0 aliphatic carbocycles. The van der Waals surface area contributed by atoms with Gasteiger partial charge in [-0.3, -0.25) is 4.79 Å². The lowest BCUT2D eigenvalue weighted by molar-refractivity contribution is -0.127. The molecule has 1 unspecified atom stereocenters. The number of guanidine groups is 1. The first-order valence-electron chi connectivity index (χ1n) is 9.01. The summed E-state index contributed by atoms with van der Waals surface area (Å²) >= 11 is 1.70. The summed E-state index contributed by atoms with van der Waals surface area (Å²) < 4.78 is 5.76. The van der Waals surface area contributed by atoms with Crippen molar-refractivity contribution in [2.24, 2.45) is 4.99 Å². The van der Waals surface area contributed by atoms with E-state index in [9.17, 15) is 4.79 Å². The van der Waals surface area contributed by atoms with Crippen LogP contribution in [0.1, 0.15) is 37.0 Å². The average molecular weight is 367 g/mol. The van der Waals surface area contributed by atoms with Gasteiger partial charge in [-0.05, 0) is 43.6 Å². The second-order valence-corrected chi connectivity index (χ2v) is 7.48. The van der Waals surface area contributed by atoms with Crippen molar-refractivity contribution >= 4 is 23.2 Å². The highest BCUT2D eigenvalue weighted by Gasteiger charge is 2.13. The number of aliphatic imine (C=N–C) groups is 1. The van der Waals surface area contributed by atoms with E-state index in [-0.39, 0.29) is 12.5 Å². The van der Waals surface area contributed by atoms with E-state index >= 15 is 0 Å². The van der Waals surface area contributed by atoms with Crippen molar-refractivity contribution in [3.8, 4) is 0 Å². The summed E-state index contributed by atoms with van der Waals surface area (Å²) in [7, 11) is 3.49. The molecule has 6 nitrogen and oxygen atoms in total. The Kier molecular flexibility index (Phi) is 8.76. The zero-order valence-corrected chi connectivity index (χ0v) is 16.1. The number of hydrogen-bond acceptors (Lipinski definition) is 4. The van der Waals surface area contributed by atoms with Crippen LogP contribution in [0.2, 0.25) is 0 Å². The number of amides is 1. The first kappa shape index (κ1) is 19.7. The third kappa shape index (κ3) is 7.88. The minimum absolute atomic E-state index is 0.00664. The van der Waals surface area contributed by atoms with E-state index in [1.807, 2.05) is 6.07 Å². The van der Waals surface area contributed by atoms with Gasteiger partial charge >= 0.3 is 0 Å². The zero-order chi connectivity index (χ0) is 17.9. The molecule has 1 amide bonds. The Morgan fingerprint density at radius 3 is 2.96 bits per heavy atom. The molecule has 1 fully saturated rings. The molecule has 0 radical (unpaired) electrons. The summed E-state index contributed by atoms with van der Waals surface area (Å²) in [6.45, 7) is 2.59. The second-order valence-electron chi connectivity index (χ2n) is 6.44. The molecule has 25 heavy (non-hydrogen) atoms. The fraction of sp³-hybridized carbons (Fsp3) is 0.667. The SMILES string of the molecule is CN(C)C(=O)CN=C(NCCCC1CCCCO1)NCc1cccs1. The molecule has 0 saturated carbocycles. The molecule has 7 heteroatoms. The zero-order valence-electron chi connectivity index (χ0n) is 15.3. The van der Waals surface area contributed by atoms with Crippen LogP contribution >= 0.6 is 11.3 Å². The van der Waals surface area contributed by atoms with E-state index in [1.54, 1.807) is 30.3 Å². The number of hydrogen-bond donors (Lipinski definition) is 2. The van der Waals surface area contributed by atoms with Crippen LogP contribution in [-0.2, 0) is 16.1 Å². The molecule has 1 saturated heterocycles. The van der Waals surface area contributed by atoms with Crippen molar-refractivity contribution in [1.29, 1.82) is 0 Å². The van der Waals surface area contributed by atoms with Crippen LogP contribution in [0, 0.1) is 0 Å². The number of rotatable bonds is 8. The Morgan fingerprint density at radius 2 is 2.28 bits per heavy atom. The van der Waals surface area contributed by atoms with Crippen molar-refractivity contribution in [3.05, 3.63) is 22.4 Å². The number of nitrogens with one attached hydrogen (secondary N) is 2. The van der Waals surface area contributed by atoms with Gasteiger partial charge < -0.3 is 20.3 Å². The van der Waals surface area contributed by atoms with Gasteiger partial charge in [-0.1, -0.05) is 6.07 Å². The van der Waals surface area contributed by atoms with Crippen LogP contribution < -0.4 is 10.6 Å². The van der Waals surface area contributed by atoms with Crippen LogP contribution in [0.15, 0.2) is 22.5 Å². The van der Waals surface area contributed by atoms with Crippen molar-refractivity contribution in [2.45, 2.75) is 44.8 Å². The van der Waals surface area contributed by atoms with Gasteiger partial charge in [0.2, 0.25) is 5.91 Å². The molecule has 1 atom stereocenters. The van der Waals surface area contributed by atoms with Gasteiger partial charge in [-0.25, -0.2) is 4.99 Å². The average Bonchev–Trinajstić information content (AvgIpc) is 3.14. The second kappa shape index (κ2) is 11.1. The molecule has 2 heterocycles. The van der Waals surface area contributed by atoms with E-state index in [1.165, 1.54) is 24.1 Å². The Balaban J connectivity index is 1.75. The number of thiophene rings is 1. The minimum Gasteiger partial charge on any atom is -0.378 e. The number of likely N-dealkylation sites (N-methyl/N-ethyl adjacent to an activating group) is 1. The van der Waals surface area contributed by atoms with Gasteiger partial charge in [0.25, 0.3) is 0 Å². The number of carbonyl (C=O) groups is 1. The number of nitrogens with zero attached hydrogens (tertiary/aromatic N) is 2. The Bertz CT molecular complexity index is 525. The minimum atomic E-state index is -0.00664. The lowest BCUT2D eigenvalue weighted by atomic mass is 10.0. The van der Waals surface area contributed by atoms with Gasteiger partial charge in [-0.2, -0.15) is 0 Å². The van der Waals surface area contributed by atoms with Crippen LogP contribution in [0.5, 0.6) is 0 Å². The lowest BCUT2D eigenvalue weighted by Gasteiger charge is -2.22. The highest BCUT2D eigenvalue weighted by Crippen LogP contribution is 2.16. The monoisotopic (exact) mass is 366 g/mol. The van der Waals surface area contributed by atoms with Crippen molar-refractivity contribution in [1.82, 2.24) is 15.5 Å². The van der Waals surface area contributed by atoms with Crippen molar-refractivity contribution in [2.75, 3.05) is 33.8 Å². The largest absolute Gasteiger partial charge is 0.378 e. The maximum atomic E-state index is 11.8. The highest BCUT2D eigenvalue weighted by molar-refractivity contribution is 7.09. The maximum Gasteiger partial charge on any atom is 0.243 e. The van der Waals surface area contributed by atoms with Gasteiger partial charge in [-0.15, -0.1) is 11.3 Å². The molecule has 0 aromatic carbocycles. The molecule has 1 aromatic rings. The molecule has 2 rings (SSSR count). The van der Waals surface area contributed by atoms with Crippen LogP contribution in [-0.4, -0.2) is 56.7 Å². The number of carbonyl (C=O) groups excluding carboxylic acids is 1. The molecule has 1 aliphatic rings. The van der Waals surface area contributed by atoms with E-state index < -0.39 is 0 Å². The summed E-state index contributed by atoms with van der Waals surface area (Å²) in [5, 5.41) is 8.69. The quantitative estimate of drug-likeness (QED) is 0.421. The third-order valence-electron chi connectivity index (χ3n) is 4.15. The van der Waals surface area contributed by atoms with Crippen LogP contribution in [0.4, 0.5) is 0 Å². The first-order chi connectivity index (χ1) is 12.1. The molecule has 140 valence electrons. The standard InChI is InChI=1S/C18H30N4O2S/c1-22(2)17(23)14-21-18(20-13-16-9-6-12-25-16)19-10-5-8-15-7-3-4-11-24-15/h6,9,12,15H,3-5,7-8,10-11,13-14H2,1-2H3,(H2,19,20,21). The van der Waals surface area contributed by atoms with E-state index in [2.05, 4.69) is 27.1 Å². The van der Waals surface area contributed by atoms with Crippen LogP contribution in [0.25, 0.3) is 0 Å². The lowest BCUT2D eigenvalue weighted by Crippen LogP contribution is -2.38. The molecule has 0 spiro atoms. The Hall–Kier alpha value is -1.60. The molecule has 2 N–H and O–H groups in total. The number of ether oxygens (including phenoxy) is 1. The van der Waals surface area contributed by atoms with Gasteiger partial charge in [0.05, 0.1) is 12.6 Å². The Labute approximate surface area is 154 Å². The summed E-state index contributed by atoms with van der Waals surface area (Å²) in [6, 6.07) is 4.12. The highest BCUT2D eigenvalue weighted by atomic mass is 32.1. The Morgan fingerprint density at radius 1 is 1.40 bits per heavy atom. The van der Waals surface area contributed by atoms with E-state index in [0.29, 0.717) is 18.6 Å². The molecular weight excluding hydrogens is 336 g/mol. The first-order valence-corrected chi connectivity index (χ1v) is 9.89. The molecular formula is C18H30N4O2S. The van der Waals surface area contributed by atoms with Gasteiger partial charge in [0, 0.05) is 32.1 Å². The van der Waals surface area contributed by atoms with Gasteiger partial charge in [0.15, 0.2) is 5.96 Å². The third-order valence-corrected chi connectivity index (χ3v) is 5.03.